The highest BCUT2D eigenvalue weighted by Crippen LogP contribution is 2.17. The van der Waals surface area contributed by atoms with Crippen LogP contribution in [0.3, 0.4) is 0 Å². The van der Waals surface area contributed by atoms with Gasteiger partial charge in [-0.15, -0.1) is 0 Å². The van der Waals surface area contributed by atoms with Crippen molar-refractivity contribution in [1.82, 2.24) is 15.2 Å². The number of fused-ring (bicyclic) bond motifs is 1. The Morgan fingerprint density at radius 3 is 2.89 bits per heavy atom. The number of benzene rings is 1. The third-order valence-corrected chi connectivity index (χ3v) is 3.18. The van der Waals surface area contributed by atoms with Gasteiger partial charge < -0.3 is 15.2 Å². The van der Waals surface area contributed by atoms with E-state index >= 15 is 0 Å². The summed E-state index contributed by atoms with van der Waals surface area (Å²) in [5, 5.41) is 7.22. The molecule has 4 nitrogen and oxygen atoms in total. The van der Waals surface area contributed by atoms with E-state index in [1.807, 2.05) is 10.8 Å². The SMILES string of the molecule is CCCNCc1ccc2c(ccn2CC(=O)NC)c1. The first-order chi connectivity index (χ1) is 9.24. The third kappa shape index (κ3) is 3.35. The second-order valence-corrected chi connectivity index (χ2v) is 4.69. The van der Waals surface area contributed by atoms with E-state index in [-0.39, 0.29) is 5.91 Å². The highest BCUT2D eigenvalue weighted by atomic mass is 16.1. The maximum Gasteiger partial charge on any atom is 0.239 e. The van der Waals surface area contributed by atoms with Crippen molar-refractivity contribution in [1.29, 1.82) is 0 Å². The summed E-state index contributed by atoms with van der Waals surface area (Å²) in [6.07, 6.45) is 3.11. The molecular weight excluding hydrogens is 238 g/mol. The van der Waals surface area contributed by atoms with Gasteiger partial charge in [0.2, 0.25) is 5.91 Å². The van der Waals surface area contributed by atoms with Crippen LogP contribution >= 0.6 is 0 Å². The molecule has 1 heterocycles. The van der Waals surface area contributed by atoms with Crippen LogP contribution in [0.15, 0.2) is 30.5 Å². The summed E-state index contributed by atoms with van der Waals surface area (Å²) in [6.45, 7) is 4.46. The number of likely N-dealkylation sites (N-methyl/N-ethyl adjacent to an activating group) is 1. The Morgan fingerprint density at radius 2 is 2.16 bits per heavy atom. The van der Waals surface area contributed by atoms with Gasteiger partial charge in [-0.1, -0.05) is 13.0 Å². The first-order valence-electron chi connectivity index (χ1n) is 6.73. The Labute approximate surface area is 113 Å². The van der Waals surface area contributed by atoms with Gasteiger partial charge in [-0.05, 0) is 42.1 Å². The summed E-state index contributed by atoms with van der Waals surface area (Å²) in [5.41, 5.74) is 2.38. The number of hydrogen-bond donors (Lipinski definition) is 2. The summed E-state index contributed by atoms with van der Waals surface area (Å²) >= 11 is 0. The van der Waals surface area contributed by atoms with Gasteiger partial charge in [0.15, 0.2) is 0 Å². The average molecular weight is 259 g/mol. The zero-order chi connectivity index (χ0) is 13.7. The molecule has 0 fully saturated rings. The molecule has 0 saturated carbocycles. The molecule has 0 radical (unpaired) electrons. The molecule has 4 heteroatoms. The van der Waals surface area contributed by atoms with Crippen LogP contribution in [0, 0.1) is 0 Å². The molecule has 1 amide bonds. The minimum Gasteiger partial charge on any atom is -0.358 e. The number of amides is 1. The summed E-state index contributed by atoms with van der Waals surface area (Å²) in [4.78, 5) is 11.4. The van der Waals surface area contributed by atoms with Crippen LogP contribution in [0.5, 0.6) is 0 Å². The number of rotatable bonds is 6. The lowest BCUT2D eigenvalue weighted by Crippen LogP contribution is -2.22. The molecule has 0 unspecified atom stereocenters. The number of nitrogens with zero attached hydrogens (tertiary/aromatic N) is 1. The van der Waals surface area contributed by atoms with Crippen molar-refractivity contribution in [2.45, 2.75) is 26.4 Å². The standard InChI is InChI=1S/C15H21N3O/c1-3-7-17-10-12-4-5-14-13(9-12)6-8-18(14)11-15(19)16-2/h4-6,8-9,17H,3,7,10-11H2,1-2H3,(H,16,19). The van der Waals surface area contributed by atoms with Crippen LogP contribution in [-0.4, -0.2) is 24.1 Å². The van der Waals surface area contributed by atoms with Crippen LogP contribution in [-0.2, 0) is 17.9 Å². The molecule has 0 saturated heterocycles. The van der Waals surface area contributed by atoms with Crippen LogP contribution in [0.1, 0.15) is 18.9 Å². The van der Waals surface area contributed by atoms with E-state index in [2.05, 4.69) is 41.8 Å². The highest BCUT2D eigenvalue weighted by Gasteiger charge is 2.05. The van der Waals surface area contributed by atoms with E-state index in [1.165, 1.54) is 10.9 Å². The normalized spacial score (nSPS) is 10.8. The number of aromatic nitrogens is 1. The Morgan fingerprint density at radius 1 is 1.32 bits per heavy atom. The second kappa shape index (κ2) is 6.38. The van der Waals surface area contributed by atoms with Crippen molar-refractivity contribution in [2.24, 2.45) is 0 Å². The molecule has 2 aromatic rings. The molecule has 2 N–H and O–H groups in total. The Balaban J connectivity index is 2.14. The Bertz CT molecular complexity index is 560. The molecule has 0 atom stereocenters. The van der Waals surface area contributed by atoms with E-state index < -0.39 is 0 Å². The molecule has 1 aromatic heterocycles. The molecular formula is C15H21N3O. The molecule has 0 aliphatic heterocycles. The molecule has 1 aromatic carbocycles. The predicted molar refractivity (Wildman–Crippen MR) is 78.0 cm³/mol. The molecule has 19 heavy (non-hydrogen) atoms. The Hall–Kier alpha value is -1.81. The van der Waals surface area contributed by atoms with E-state index in [0.29, 0.717) is 6.54 Å². The Kier molecular flexibility index (Phi) is 4.58. The van der Waals surface area contributed by atoms with Crippen molar-refractivity contribution >= 4 is 16.8 Å². The van der Waals surface area contributed by atoms with Gasteiger partial charge in [-0.2, -0.15) is 0 Å². The second-order valence-electron chi connectivity index (χ2n) is 4.69. The molecule has 0 bridgehead atoms. The van der Waals surface area contributed by atoms with Gasteiger partial charge in [0.1, 0.15) is 6.54 Å². The van der Waals surface area contributed by atoms with E-state index in [9.17, 15) is 4.79 Å². The van der Waals surface area contributed by atoms with Gasteiger partial charge in [0, 0.05) is 25.3 Å². The fourth-order valence-corrected chi connectivity index (χ4v) is 2.14. The van der Waals surface area contributed by atoms with Gasteiger partial charge in [-0.3, -0.25) is 4.79 Å². The van der Waals surface area contributed by atoms with Gasteiger partial charge in [-0.25, -0.2) is 0 Å². The molecule has 102 valence electrons. The van der Waals surface area contributed by atoms with Crippen LogP contribution < -0.4 is 10.6 Å². The largest absolute Gasteiger partial charge is 0.358 e. The summed E-state index contributed by atoms with van der Waals surface area (Å²) in [7, 11) is 1.66. The van der Waals surface area contributed by atoms with Gasteiger partial charge in [0.25, 0.3) is 0 Å². The van der Waals surface area contributed by atoms with E-state index in [1.54, 1.807) is 7.05 Å². The lowest BCUT2D eigenvalue weighted by Gasteiger charge is -2.06. The summed E-state index contributed by atoms with van der Waals surface area (Å²) < 4.78 is 1.97. The van der Waals surface area contributed by atoms with Crippen LogP contribution in [0.2, 0.25) is 0 Å². The number of carbonyl (C=O) groups is 1. The maximum atomic E-state index is 11.4. The van der Waals surface area contributed by atoms with E-state index in [0.717, 1.165) is 25.0 Å². The van der Waals surface area contributed by atoms with Crippen molar-refractivity contribution in [2.75, 3.05) is 13.6 Å². The minimum atomic E-state index is 0.0196. The van der Waals surface area contributed by atoms with Crippen molar-refractivity contribution < 1.29 is 4.79 Å². The number of nitrogens with one attached hydrogen (secondary N) is 2. The zero-order valence-electron chi connectivity index (χ0n) is 11.6. The van der Waals surface area contributed by atoms with Gasteiger partial charge in [0.05, 0.1) is 0 Å². The quantitative estimate of drug-likeness (QED) is 0.778. The number of carbonyl (C=O) groups excluding carboxylic acids is 1. The predicted octanol–water partition coefficient (Wildman–Crippen LogP) is 1.89. The third-order valence-electron chi connectivity index (χ3n) is 3.18. The molecule has 0 aliphatic carbocycles. The topological polar surface area (TPSA) is 46.1 Å². The lowest BCUT2D eigenvalue weighted by molar-refractivity contribution is -0.121. The van der Waals surface area contributed by atoms with Crippen LogP contribution in [0.4, 0.5) is 0 Å². The monoisotopic (exact) mass is 259 g/mol. The van der Waals surface area contributed by atoms with Crippen molar-refractivity contribution in [3.8, 4) is 0 Å². The molecule has 0 spiro atoms. The van der Waals surface area contributed by atoms with Crippen LogP contribution in [0.25, 0.3) is 10.9 Å². The maximum absolute atomic E-state index is 11.4. The first kappa shape index (κ1) is 13.6. The summed E-state index contributed by atoms with van der Waals surface area (Å²) in [6, 6.07) is 8.44. The molecule has 2 rings (SSSR count). The fraction of sp³-hybridized carbons (Fsp3) is 0.400. The fourth-order valence-electron chi connectivity index (χ4n) is 2.14. The minimum absolute atomic E-state index is 0.0196. The first-order valence-corrected chi connectivity index (χ1v) is 6.73. The highest BCUT2D eigenvalue weighted by molar-refractivity contribution is 5.83. The number of hydrogen-bond acceptors (Lipinski definition) is 2. The molecule has 0 aliphatic rings. The average Bonchev–Trinajstić information content (AvgIpc) is 2.81. The summed E-state index contributed by atoms with van der Waals surface area (Å²) in [5.74, 6) is 0.0196. The van der Waals surface area contributed by atoms with Crippen molar-refractivity contribution in [3.05, 3.63) is 36.0 Å². The zero-order valence-corrected chi connectivity index (χ0v) is 11.6. The van der Waals surface area contributed by atoms with E-state index in [4.69, 9.17) is 0 Å². The van der Waals surface area contributed by atoms with Gasteiger partial charge >= 0.3 is 0 Å². The van der Waals surface area contributed by atoms with Crippen molar-refractivity contribution in [3.63, 3.8) is 0 Å². The smallest absolute Gasteiger partial charge is 0.239 e. The lowest BCUT2D eigenvalue weighted by atomic mass is 10.1.